The molecule has 2 aliphatic rings. The summed E-state index contributed by atoms with van der Waals surface area (Å²) in [6.07, 6.45) is 0. The van der Waals surface area contributed by atoms with Crippen molar-refractivity contribution in [3.8, 4) is 0 Å². The summed E-state index contributed by atoms with van der Waals surface area (Å²) in [6, 6.07) is 6.10. The van der Waals surface area contributed by atoms with Crippen LogP contribution in [0.1, 0.15) is 25.3 Å². The van der Waals surface area contributed by atoms with Gasteiger partial charge in [0.15, 0.2) is 5.92 Å². The molecule has 2 aliphatic heterocycles. The largest absolute Gasteiger partial charge is 0.480 e. The van der Waals surface area contributed by atoms with Crippen LogP contribution < -0.4 is 5.32 Å². The third kappa shape index (κ3) is 3.73. The van der Waals surface area contributed by atoms with E-state index in [4.69, 9.17) is 0 Å². The fourth-order valence-corrected chi connectivity index (χ4v) is 5.06. The van der Waals surface area contributed by atoms with Crippen LogP contribution in [0.2, 0.25) is 0 Å². The Labute approximate surface area is 182 Å². The van der Waals surface area contributed by atoms with Crippen molar-refractivity contribution in [2.45, 2.75) is 42.0 Å². The van der Waals surface area contributed by atoms with Crippen molar-refractivity contribution < 1.29 is 29.4 Å². The summed E-state index contributed by atoms with van der Waals surface area (Å²) in [4.78, 5) is 49.2. The molecular weight excluding hydrogens is 383 g/mol. The molecule has 0 aliphatic carbocycles. The van der Waals surface area contributed by atoms with E-state index in [1.807, 2.05) is 0 Å². The number of thioether (sulfide) groups is 1. The van der Waals surface area contributed by atoms with Crippen LogP contribution in [0.25, 0.3) is 0 Å². The van der Waals surface area contributed by atoms with Crippen LogP contribution in [0.5, 0.6) is 0 Å². The monoisotopic (exact) mass is 401 g/mol. The van der Waals surface area contributed by atoms with Crippen LogP contribution in [0.4, 0.5) is 0 Å². The van der Waals surface area contributed by atoms with E-state index in [-0.39, 0.29) is 29.6 Å². The number of nitrogens with one attached hydrogen (secondary N) is 1. The number of amides is 2. The minimum Gasteiger partial charge on any atom is -0.480 e. The molecule has 0 saturated carbocycles. The van der Waals surface area contributed by atoms with Gasteiger partial charge in [0, 0.05) is 34.3 Å². The normalized spacial score (nSPS) is 26.2. The van der Waals surface area contributed by atoms with Gasteiger partial charge < -0.3 is 20.4 Å². The average Bonchev–Trinajstić information content (AvgIpc) is 2.82. The number of carboxylic acid groups (broad SMARTS) is 2. The van der Waals surface area contributed by atoms with Gasteiger partial charge in [0.2, 0.25) is 11.8 Å². The molecule has 1 aromatic rings. The fraction of sp³-hybridized carbons (Fsp3) is 0.412. The number of hydrogen-bond acceptors (Lipinski definition) is 5. The minimum absolute atomic E-state index is 0. The van der Waals surface area contributed by atoms with E-state index >= 15 is 0 Å². The number of carbonyl (C=O) groups excluding carboxylic acids is 2. The van der Waals surface area contributed by atoms with Gasteiger partial charge in [0.1, 0.15) is 17.5 Å². The van der Waals surface area contributed by atoms with Crippen molar-refractivity contribution in [1.82, 2.24) is 10.2 Å². The van der Waals surface area contributed by atoms with E-state index in [0.717, 1.165) is 0 Å². The number of hydrogen-bond donors (Lipinski definition) is 3. The molecule has 10 heteroatoms. The van der Waals surface area contributed by atoms with Gasteiger partial charge in [-0.2, -0.15) is 0 Å². The van der Waals surface area contributed by atoms with Gasteiger partial charge in [0.05, 0.1) is 0 Å². The van der Waals surface area contributed by atoms with Crippen molar-refractivity contribution >= 4 is 65.1 Å². The zero-order valence-corrected chi connectivity index (χ0v) is 17.9. The molecule has 0 bridgehead atoms. The maximum absolute atomic E-state index is 12.5. The molecule has 2 fully saturated rings. The zero-order chi connectivity index (χ0) is 19.2. The zero-order valence-electron chi connectivity index (χ0n) is 15.1. The van der Waals surface area contributed by atoms with Crippen molar-refractivity contribution in [2.24, 2.45) is 0 Å². The number of fused-ring (bicyclic) bond motifs is 1. The van der Waals surface area contributed by atoms with Crippen LogP contribution in [0, 0.1) is 0 Å². The Morgan fingerprint density at radius 3 is 2.30 bits per heavy atom. The number of aliphatic carboxylic acids is 2. The number of carbonyl (C=O) groups is 4. The Hall–Kier alpha value is -1.55. The summed E-state index contributed by atoms with van der Waals surface area (Å²) >= 11 is 1.29. The first-order valence-electron chi connectivity index (χ1n) is 7.96. The topological polar surface area (TPSA) is 124 Å². The third-order valence-corrected chi connectivity index (χ3v) is 6.19. The number of benzene rings is 1. The second kappa shape index (κ2) is 7.83. The quantitative estimate of drug-likeness (QED) is 0.363. The molecule has 2 amide bonds. The van der Waals surface area contributed by atoms with Crippen molar-refractivity contribution in [2.75, 3.05) is 0 Å². The number of carboxylic acids is 2. The summed E-state index contributed by atoms with van der Waals surface area (Å²) in [6.45, 7) is 3.45. The number of nitrogens with zero attached hydrogens (tertiary/aromatic N) is 1. The Balaban J connectivity index is 0.00000261. The first kappa shape index (κ1) is 21.7. The first-order valence-corrected chi connectivity index (χ1v) is 8.84. The molecule has 0 aromatic heterocycles. The first-order chi connectivity index (χ1) is 12.1. The molecule has 1 radical (unpaired) electrons. The molecule has 139 valence electrons. The van der Waals surface area contributed by atoms with Crippen molar-refractivity contribution in [3.63, 3.8) is 0 Å². The van der Waals surface area contributed by atoms with Crippen molar-refractivity contribution in [1.29, 1.82) is 0 Å². The summed E-state index contributed by atoms with van der Waals surface area (Å²) in [7, 11) is 0. The standard InChI is InChI=1S/C17H18N2O6S.Na/c1-17(2)11(16(24)25)19-13(21)10(14(19)26-17)18-12(20)9(15(22)23)8-6-4-3-5-7-8;/h3-7,9-11,14H,1-2H3,(H,18,20)(H,22,23)(H,24,25);. The van der Waals surface area contributed by atoms with Gasteiger partial charge in [0.25, 0.3) is 0 Å². The summed E-state index contributed by atoms with van der Waals surface area (Å²) in [5, 5.41) is 20.8. The minimum atomic E-state index is -1.44. The smallest absolute Gasteiger partial charge is 0.327 e. The maximum Gasteiger partial charge on any atom is 0.327 e. The van der Waals surface area contributed by atoms with E-state index < -0.39 is 51.9 Å². The predicted molar refractivity (Wildman–Crippen MR) is 98.2 cm³/mol. The average molecular weight is 401 g/mol. The molecule has 27 heavy (non-hydrogen) atoms. The molecule has 3 N–H and O–H groups in total. The van der Waals surface area contributed by atoms with Gasteiger partial charge in [-0.05, 0) is 19.4 Å². The fourth-order valence-electron chi connectivity index (χ4n) is 3.43. The Morgan fingerprint density at radius 2 is 1.78 bits per heavy atom. The molecule has 2 saturated heterocycles. The van der Waals surface area contributed by atoms with Crippen molar-refractivity contribution in [3.05, 3.63) is 35.9 Å². The van der Waals surface area contributed by atoms with Gasteiger partial charge in [-0.1, -0.05) is 30.3 Å². The van der Waals surface area contributed by atoms with E-state index in [1.54, 1.807) is 32.0 Å². The van der Waals surface area contributed by atoms with E-state index in [0.29, 0.717) is 5.56 Å². The van der Waals surface area contributed by atoms with Gasteiger partial charge in [-0.25, -0.2) is 4.79 Å². The van der Waals surface area contributed by atoms with Gasteiger partial charge in [-0.3, -0.25) is 14.4 Å². The van der Waals surface area contributed by atoms with E-state index in [1.165, 1.54) is 28.8 Å². The molecule has 2 heterocycles. The molecule has 8 nitrogen and oxygen atoms in total. The van der Waals surface area contributed by atoms with Gasteiger partial charge >= 0.3 is 11.9 Å². The summed E-state index contributed by atoms with van der Waals surface area (Å²) in [5.74, 6) is -5.16. The summed E-state index contributed by atoms with van der Waals surface area (Å²) in [5.41, 5.74) is 0.309. The van der Waals surface area contributed by atoms with Crippen LogP contribution in [-0.2, 0) is 19.2 Å². The molecule has 1 aromatic carbocycles. The van der Waals surface area contributed by atoms with Crippen LogP contribution in [0.3, 0.4) is 0 Å². The SMILES string of the molecule is CC1(C)SC2C(NC(=O)C(C(=O)O)c3ccccc3)C(=O)N2C1C(=O)O.[Na]. The third-order valence-electron chi connectivity index (χ3n) is 4.61. The van der Waals surface area contributed by atoms with E-state index in [2.05, 4.69) is 5.32 Å². The number of β-lactam (4-membered cyclic amide) rings is 1. The number of rotatable bonds is 5. The van der Waals surface area contributed by atoms with Crippen LogP contribution in [0.15, 0.2) is 30.3 Å². The molecule has 3 rings (SSSR count). The molecule has 0 spiro atoms. The van der Waals surface area contributed by atoms with E-state index in [9.17, 15) is 29.4 Å². The van der Waals surface area contributed by atoms with Gasteiger partial charge in [-0.15, -0.1) is 11.8 Å². The van der Waals surface area contributed by atoms with Crippen LogP contribution in [-0.4, -0.2) is 90.6 Å². The molecule has 4 unspecified atom stereocenters. The Morgan fingerprint density at radius 1 is 1.19 bits per heavy atom. The molecule has 4 atom stereocenters. The second-order valence-electron chi connectivity index (χ2n) is 6.77. The van der Waals surface area contributed by atoms with Crippen LogP contribution >= 0.6 is 11.8 Å². The Kier molecular flexibility index (Phi) is 6.30. The summed E-state index contributed by atoms with van der Waals surface area (Å²) < 4.78 is -0.711. The molecular formula is C17H18N2NaO6S. The Bertz CT molecular complexity index is 787. The second-order valence-corrected chi connectivity index (χ2v) is 8.54. The predicted octanol–water partition coefficient (Wildman–Crippen LogP) is 0.106. The maximum atomic E-state index is 12.5.